The van der Waals surface area contributed by atoms with Crippen LogP contribution in [0.25, 0.3) is 0 Å². The molecule has 0 atom stereocenters. The van der Waals surface area contributed by atoms with Gasteiger partial charge in [0.25, 0.3) is 5.91 Å². The smallest absolute Gasteiger partial charge is 0.338 e. The average Bonchev–Trinajstić information content (AvgIpc) is 2.66. The Morgan fingerprint density at radius 2 is 1.68 bits per heavy atom. The van der Waals surface area contributed by atoms with E-state index in [0.717, 1.165) is 5.56 Å². The molecule has 28 heavy (non-hydrogen) atoms. The summed E-state index contributed by atoms with van der Waals surface area (Å²) >= 11 is 0. The maximum absolute atomic E-state index is 12.2. The Morgan fingerprint density at radius 3 is 2.25 bits per heavy atom. The van der Waals surface area contributed by atoms with Gasteiger partial charge in [-0.2, -0.15) is 0 Å². The number of amides is 2. The van der Waals surface area contributed by atoms with Crippen LogP contribution in [0.2, 0.25) is 0 Å². The molecule has 0 radical (unpaired) electrons. The molecule has 7 heteroatoms. The summed E-state index contributed by atoms with van der Waals surface area (Å²) in [5, 5.41) is 5.24. The van der Waals surface area contributed by atoms with Gasteiger partial charge in [0.05, 0.1) is 18.4 Å². The van der Waals surface area contributed by atoms with Crippen molar-refractivity contribution in [2.45, 2.75) is 26.7 Å². The van der Waals surface area contributed by atoms with Gasteiger partial charge in [-0.05, 0) is 41.8 Å². The van der Waals surface area contributed by atoms with Crippen LogP contribution in [0.5, 0.6) is 5.75 Å². The minimum atomic E-state index is -0.579. The first-order valence-corrected chi connectivity index (χ1v) is 8.82. The molecule has 2 aromatic rings. The van der Waals surface area contributed by atoms with Crippen molar-refractivity contribution in [3.05, 3.63) is 53.6 Å². The standard InChI is InChI=1S/C21H24N2O5/c1-13(2)15-5-7-16(8-6-15)21(26)28-12-20(25)23-18-11-17(22-14(3)24)9-10-19(18)27-4/h5-11,13H,12H2,1-4H3,(H,22,24)(H,23,25). The van der Waals surface area contributed by atoms with Gasteiger partial charge in [0.2, 0.25) is 5.91 Å². The molecule has 2 amide bonds. The quantitative estimate of drug-likeness (QED) is 0.712. The third-order valence-corrected chi connectivity index (χ3v) is 3.94. The molecule has 2 rings (SSSR count). The summed E-state index contributed by atoms with van der Waals surface area (Å²) in [5.41, 5.74) is 2.35. The minimum absolute atomic E-state index is 0.236. The van der Waals surface area contributed by atoms with Crippen LogP contribution in [0.15, 0.2) is 42.5 Å². The van der Waals surface area contributed by atoms with E-state index in [2.05, 4.69) is 24.5 Å². The fraction of sp³-hybridized carbons (Fsp3) is 0.286. The number of hydrogen-bond acceptors (Lipinski definition) is 5. The number of carbonyl (C=O) groups is 3. The van der Waals surface area contributed by atoms with Gasteiger partial charge in [-0.1, -0.05) is 26.0 Å². The highest BCUT2D eigenvalue weighted by Crippen LogP contribution is 2.27. The van der Waals surface area contributed by atoms with Crippen molar-refractivity contribution in [1.82, 2.24) is 0 Å². The molecule has 0 aliphatic heterocycles. The summed E-state index contributed by atoms with van der Waals surface area (Å²) in [6, 6.07) is 11.9. The first kappa shape index (κ1) is 21.0. The van der Waals surface area contributed by atoms with Crippen molar-refractivity contribution in [2.75, 3.05) is 24.4 Å². The Hall–Kier alpha value is -3.35. The molecule has 0 aliphatic carbocycles. The molecule has 0 saturated heterocycles. The molecular weight excluding hydrogens is 360 g/mol. The largest absolute Gasteiger partial charge is 0.495 e. The number of methoxy groups -OCH3 is 1. The second-order valence-corrected chi connectivity index (χ2v) is 6.50. The van der Waals surface area contributed by atoms with Crippen LogP contribution >= 0.6 is 0 Å². The predicted molar refractivity (Wildman–Crippen MR) is 107 cm³/mol. The van der Waals surface area contributed by atoms with Gasteiger partial charge in [-0.15, -0.1) is 0 Å². The lowest BCUT2D eigenvalue weighted by atomic mass is 10.0. The Balaban J connectivity index is 1.98. The maximum atomic E-state index is 12.2. The normalized spacial score (nSPS) is 10.3. The number of benzene rings is 2. The van der Waals surface area contributed by atoms with E-state index in [4.69, 9.17) is 9.47 Å². The van der Waals surface area contributed by atoms with Crippen LogP contribution in [-0.2, 0) is 14.3 Å². The molecule has 7 nitrogen and oxygen atoms in total. The van der Waals surface area contributed by atoms with E-state index in [1.807, 2.05) is 12.1 Å². The Labute approximate surface area is 164 Å². The maximum Gasteiger partial charge on any atom is 0.338 e. The van der Waals surface area contributed by atoms with E-state index in [9.17, 15) is 14.4 Å². The molecule has 148 valence electrons. The lowest BCUT2D eigenvalue weighted by Gasteiger charge is -2.12. The van der Waals surface area contributed by atoms with E-state index in [0.29, 0.717) is 28.6 Å². The fourth-order valence-electron chi connectivity index (χ4n) is 2.49. The van der Waals surface area contributed by atoms with E-state index < -0.39 is 18.5 Å². The SMILES string of the molecule is COc1ccc(NC(C)=O)cc1NC(=O)COC(=O)c1ccc(C(C)C)cc1. The van der Waals surface area contributed by atoms with Crippen LogP contribution in [0, 0.1) is 0 Å². The summed E-state index contributed by atoms with van der Waals surface area (Å²) in [7, 11) is 1.46. The number of ether oxygens (including phenoxy) is 2. The molecule has 2 aromatic carbocycles. The van der Waals surface area contributed by atoms with Crippen molar-refractivity contribution in [2.24, 2.45) is 0 Å². The molecule has 0 bridgehead atoms. The summed E-state index contributed by atoms with van der Waals surface area (Å²) < 4.78 is 10.3. The van der Waals surface area contributed by atoms with E-state index in [-0.39, 0.29) is 5.91 Å². The molecule has 0 unspecified atom stereocenters. The lowest BCUT2D eigenvalue weighted by Crippen LogP contribution is -2.21. The average molecular weight is 384 g/mol. The monoisotopic (exact) mass is 384 g/mol. The van der Waals surface area contributed by atoms with Crippen LogP contribution in [-0.4, -0.2) is 31.5 Å². The highest BCUT2D eigenvalue weighted by Gasteiger charge is 2.13. The molecule has 0 aromatic heterocycles. The molecule has 0 fully saturated rings. The highest BCUT2D eigenvalue weighted by atomic mass is 16.5. The Kier molecular flexibility index (Phi) is 7.14. The molecular formula is C21H24N2O5. The highest BCUT2D eigenvalue weighted by molar-refractivity contribution is 5.97. The first-order valence-electron chi connectivity index (χ1n) is 8.82. The van der Waals surface area contributed by atoms with Crippen molar-refractivity contribution in [3.63, 3.8) is 0 Å². The zero-order chi connectivity index (χ0) is 20.7. The third kappa shape index (κ3) is 5.84. The van der Waals surface area contributed by atoms with Gasteiger partial charge >= 0.3 is 5.97 Å². The van der Waals surface area contributed by atoms with Crippen molar-refractivity contribution in [3.8, 4) is 5.75 Å². The van der Waals surface area contributed by atoms with E-state index in [1.165, 1.54) is 14.0 Å². The summed E-state index contributed by atoms with van der Waals surface area (Å²) in [4.78, 5) is 35.5. The zero-order valence-electron chi connectivity index (χ0n) is 16.4. The number of nitrogens with one attached hydrogen (secondary N) is 2. The van der Waals surface area contributed by atoms with E-state index in [1.54, 1.807) is 30.3 Å². The van der Waals surface area contributed by atoms with Crippen molar-refractivity contribution < 1.29 is 23.9 Å². The fourth-order valence-corrected chi connectivity index (χ4v) is 2.49. The van der Waals surface area contributed by atoms with Crippen molar-refractivity contribution in [1.29, 1.82) is 0 Å². The van der Waals surface area contributed by atoms with Gasteiger partial charge < -0.3 is 20.1 Å². The summed E-state index contributed by atoms with van der Waals surface area (Å²) in [6.45, 7) is 5.06. The molecule has 0 spiro atoms. The van der Waals surface area contributed by atoms with Gasteiger partial charge in [-0.25, -0.2) is 4.79 Å². The molecule has 0 aliphatic rings. The molecule has 0 saturated carbocycles. The van der Waals surface area contributed by atoms with Gasteiger partial charge in [-0.3, -0.25) is 9.59 Å². The summed E-state index contributed by atoms with van der Waals surface area (Å²) in [5.74, 6) is -0.563. The van der Waals surface area contributed by atoms with Crippen molar-refractivity contribution >= 4 is 29.2 Å². The predicted octanol–water partition coefficient (Wildman–Crippen LogP) is 3.57. The second-order valence-electron chi connectivity index (χ2n) is 6.50. The van der Waals surface area contributed by atoms with Crippen LogP contribution in [0.3, 0.4) is 0 Å². The third-order valence-electron chi connectivity index (χ3n) is 3.94. The van der Waals surface area contributed by atoms with Gasteiger partial charge in [0.15, 0.2) is 6.61 Å². The molecule has 2 N–H and O–H groups in total. The van der Waals surface area contributed by atoms with Gasteiger partial charge in [0, 0.05) is 12.6 Å². The zero-order valence-corrected chi connectivity index (χ0v) is 16.4. The first-order chi connectivity index (χ1) is 13.3. The van der Waals surface area contributed by atoms with Gasteiger partial charge in [0.1, 0.15) is 5.75 Å². The number of carbonyl (C=O) groups excluding carboxylic acids is 3. The minimum Gasteiger partial charge on any atom is -0.495 e. The Bertz CT molecular complexity index is 860. The topological polar surface area (TPSA) is 93.7 Å². The number of esters is 1. The van der Waals surface area contributed by atoms with Crippen LogP contribution in [0.1, 0.15) is 42.6 Å². The van der Waals surface area contributed by atoms with E-state index >= 15 is 0 Å². The number of hydrogen-bond donors (Lipinski definition) is 2. The second kappa shape index (κ2) is 9.55. The lowest BCUT2D eigenvalue weighted by molar-refractivity contribution is -0.119. The summed E-state index contributed by atoms with van der Waals surface area (Å²) in [6.07, 6.45) is 0. The number of anilines is 2. The van der Waals surface area contributed by atoms with Crippen LogP contribution < -0.4 is 15.4 Å². The Morgan fingerprint density at radius 1 is 1.00 bits per heavy atom. The molecule has 0 heterocycles. The van der Waals surface area contributed by atoms with Crippen LogP contribution in [0.4, 0.5) is 11.4 Å². The number of rotatable bonds is 7.